The molecule has 5 heterocycles. The molecule has 10 rings (SSSR count). The lowest BCUT2D eigenvalue weighted by atomic mass is 9.33. The summed E-state index contributed by atoms with van der Waals surface area (Å²) in [6, 6.07) is 0. The molecule has 5 aliphatic carbocycles. The number of aliphatic hydroxyl groups excluding tert-OH is 14. The second-order valence-electron chi connectivity index (χ2n) is 28.3. The third-order valence-electron chi connectivity index (χ3n) is 22.7. The number of carbonyl (C=O) groups is 1. The van der Waals surface area contributed by atoms with Crippen LogP contribution in [0.4, 0.5) is 0 Å². The molecular formula is C58H94O25. The minimum Gasteiger partial charge on any atom is -0.432 e. The van der Waals surface area contributed by atoms with Crippen LogP contribution in [0.1, 0.15) is 120 Å². The fourth-order valence-corrected chi connectivity index (χ4v) is 17.2. The van der Waals surface area contributed by atoms with E-state index in [1.807, 2.05) is 0 Å². The van der Waals surface area contributed by atoms with Crippen molar-refractivity contribution in [3.8, 4) is 0 Å². The van der Waals surface area contributed by atoms with Gasteiger partial charge in [-0.05, 0) is 116 Å². The van der Waals surface area contributed by atoms with Crippen molar-refractivity contribution in [2.75, 3.05) is 26.4 Å². The first-order chi connectivity index (χ1) is 38.8. The van der Waals surface area contributed by atoms with Gasteiger partial charge in [-0.2, -0.15) is 0 Å². The second-order valence-corrected chi connectivity index (χ2v) is 28.3. The predicted octanol–water partition coefficient (Wildman–Crippen LogP) is -1.91. The van der Waals surface area contributed by atoms with E-state index in [0.717, 1.165) is 32.1 Å². The molecule has 0 aromatic heterocycles. The van der Waals surface area contributed by atoms with E-state index in [1.165, 1.54) is 12.5 Å². The Balaban J connectivity index is 0.832. The quantitative estimate of drug-likeness (QED) is 0.0576. The van der Waals surface area contributed by atoms with E-state index < -0.39 is 177 Å². The van der Waals surface area contributed by atoms with Gasteiger partial charge in [0, 0.05) is 0 Å². The van der Waals surface area contributed by atoms with Gasteiger partial charge in [-0.3, -0.25) is 4.79 Å². The lowest BCUT2D eigenvalue weighted by Gasteiger charge is -2.71. The maximum absolute atomic E-state index is 15.1. The van der Waals surface area contributed by atoms with Gasteiger partial charge in [-0.1, -0.05) is 60.1 Å². The maximum Gasteiger partial charge on any atom is 0.315 e. The number of ether oxygens (including phenoxy) is 10. The fraction of sp³-hybridized carbons (Fsp3) is 0.948. The first-order valence-electron chi connectivity index (χ1n) is 30.0. The average molecular weight is 1190 g/mol. The highest BCUT2D eigenvalue weighted by Gasteiger charge is 2.70. The van der Waals surface area contributed by atoms with Crippen molar-refractivity contribution >= 4 is 5.97 Å². The lowest BCUT2D eigenvalue weighted by Crippen LogP contribution is -2.66. The highest BCUT2D eigenvalue weighted by molar-refractivity contribution is 5.79. The van der Waals surface area contributed by atoms with Gasteiger partial charge in [0.25, 0.3) is 0 Å². The Morgan fingerprint density at radius 1 is 0.554 bits per heavy atom. The summed E-state index contributed by atoms with van der Waals surface area (Å²) in [6.07, 6.45) is -26.6. The number of allylic oxidation sites excluding steroid dienone is 2. The summed E-state index contributed by atoms with van der Waals surface area (Å²) in [7, 11) is 0. The topological polar surface area (TPSA) is 393 Å². The average Bonchev–Trinajstić information content (AvgIpc) is 3.38. The van der Waals surface area contributed by atoms with Crippen molar-refractivity contribution in [3.63, 3.8) is 0 Å². The molecule has 31 atom stereocenters. The summed E-state index contributed by atoms with van der Waals surface area (Å²) in [5.41, 5.74) is -1.10. The Labute approximate surface area is 483 Å². The molecule has 0 bridgehead atoms. The number of carbonyl (C=O) groups excluding carboxylic acids is 1. The van der Waals surface area contributed by atoms with Crippen LogP contribution in [0.2, 0.25) is 0 Å². The smallest absolute Gasteiger partial charge is 0.315 e. The molecule has 9 fully saturated rings. The summed E-state index contributed by atoms with van der Waals surface area (Å²) < 4.78 is 59.4. The largest absolute Gasteiger partial charge is 0.432 e. The molecule has 0 radical (unpaired) electrons. The number of fused-ring (bicyclic) bond motifs is 7. The van der Waals surface area contributed by atoms with Gasteiger partial charge in [-0.25, -0.2) is 0 Å². The van der Waals surface area contributed by atoms with Crippen molar-refractivity contribution in [3.05, 3.63) is 11.6 Å². The Bertz CT molecular complexity index is 2310. The number of rotatable bonds is 12. The molecule has 3 unspecified atom stereocenters. The summed E-state index contributed by atoms with van der Waals surface area (Å²) in [4.78, 5) is 15.1. The van der Waals surface area contributed by atoms with Gasteiger partial charge in [0.15, 0.2) is 25.2 Å². The zero-order valence-electron chi connectivity index (χ0n) is 48.8. The van der Waals surface area contributed by atoms with Crippen LogP contribution < -0.4 is 0 Å². The van der Waals surface area contributed by atoms with Gasteiger partial charge in [-0.15, -0.1) is 0 Å². The Hall–Kier alpha value is -1.71. The van der Waals surface area contributed by atoms with Gasteiger partial charge in [0.05, 0.1) is 44.1 Å². The third kappa shape index (κ3) is 11.0. The minimum atomic E-state index is -1.81. The molecule has 83 heavy (non-hydrogen) atoms. The molecule has 25 nitrogen and oxygen atoms in total. The second kappa shape index (κ2) is 23.6. The zero-order valence-corrected chi connectivity index (χ0v) is 48.8. The predicted molar refractivity (Wildman–Crippen MR) is 282 cm³/mol. The normalized spacial score (nSPS) is 54.2. The zero-order chi connectivity index (χ0) is 60.4. The Morgan fingerprint density at radius 3 is 1.84 bits per heavy atom. The molecule has 10 aliphatic rings. The fourth-order valence-electron chi connectivity index (χ4n) is 17.2. The highest BCUT2D eigenvalue weighted by Crippen LogP contribution is 2.76. The molecule has 4 saturated carbocycles. The Morgan fingerprint density at radius 2 is 1.16 bits per heavy atom. The summed E-state index contributed by atoms with van der Waals surface area (Å²) >= 11 is 0. The van der Waals surface area contributed by atoms with Crippen molar-refractivity contribution in [2.45, 2.75) is 267 Å². The van der Waals surface area contributed by atoms with Crippen molar-refractivity contribution in [1.82, 2.24) is 0 Å². The van der Waals surface area contributed by atoms with Crippen LogP contribution in [0.15, 0.2) is 11.6 Å². The minimum absolute atomic E-state index is 0.131. The maximum atomic E-state index is 15.1. The van der Waals surface area contributed by atoms with Crippen LogP contribution in [-0.4, -0.2) is 251 Å². The van der Waals surface area contributed by atoms with Crippen molar-refractivity contribution < 1.29 is 124 Å². The van der Waals surface area contributed by atoms with Crippen LogP contribution in [0, 0.1) is 50.2 Å². The highest BCUT2D eigenvalue weighted by atomic mass is 16.8. The van der Waals surface area contributed by atoms with Gasteiger partial charge in [0.1, 0.15) is 104 Å². The first-order valence-corrected chi connectivity index (χ1v) is 30.0. The molecular weight excluding hydrogens is 1100 g/mol. The first kappa shape index (κ1) is 64.3. The summed E-state index contributed by atoms with van der Waals surface area (Å²) in [6.45, 7) is 16.0. The van der Waals surface area contributed by atoms with Crippen LogP contribution in [0.3, 0.4) is 0 Å². The van der Waals surface area contributed by atoms with Crippen LogP contribution in [0.5, 0.6) is 0 Å². The van der Waals surface area contributed by atoms with E-state index in [-0.39, 0.29) is 52.6 Å². The SMILES string of the molecule is C[C@@H]1O[C@H](O[C@@H]2[C@@H](O[C@@H]3CC[C@]4(C)C(CC[C@@]5(C)C4CC=C4[C@H]6CC(C)(C)CC[C@@]6(C(=O)O[C@@H]6O[C@H](COC[C@@H]7O[C@H](O)[C@@H](O)[C@H](O)[C@H]7O)C(O)[C@H](O)[C@H]6O)CC[C@@]45C)C3(C)C)OC[C@@H](O)[C@H]2O)[C@@H](O)[C@@H](O[C@H]2OC[C@H](O)[C@@H](O)[C@@H]2O)[C@@H]1O. The number of esters is 1. The molecule has 476 valence electrons. The number of hydrogen-bond acceptors (Lipinski definition) is 25. The van der Waals surface area contributed by atoms with Gasteiger partial charge in [0.2, 0.25) is 6.29 Å². The van der Waals surface area contributed by atoms with Gasteiger partial charge >= 0.3 is 5.97 Å². The van der Waals surface area contributed by atoms with Crippen LogP contribution in [-0.2, 0) is 52.2 Å². The van der Waals surface area contributed by atoms with Crippen LogP contribution in [0.25, 0.3) is 0 Å². The van der Waals surface area contributed by atoms with E-state index in [4.69, 9.17) is 47.4 Å². The number of aliphatic hydroxyl groups is 14. The number of hydrogen-bond donors (Lipinski definition) is 14. The van der Waals surface area contributed by atoms with E-state index in [2.05, 4.69) is 54.5 Å². The summed E-state index contributed by atoms with van der Waals surface area (Å²) in [5.74, 6) is -0.424. The van der Waals surface area contributed by atoms with Crippen LogP contribution >= 0.6 is 0 Å². The van der Waals surface area contributed by atoms with Gasteiger partial charge < -0.3 is 119 Å². The lowest BCUT2D eigenvalue weighted by molar-refractivity contribution is -0.378. The van der Waals surface area contributed by atoms with Crippen molar-refractivity contribution in [1.29, 1.82) is 0 Å². The van der Waals surface area contributed by atoms with E-state index >= 15 is 4.79 Å². The summed E-state index contributed by atoms with van der Waals surface area (Å²) in [5, 5.41) is 150. The molecule has 14 N–H and O–H groups in total. The molecule has 0 aromatic carbocycles. The molecule has 25 heteroatoms. The Kier molecular flexibility index (Phi) is 18.3. The van der Waals surface area contributed by atoms with E-state index in [0.29, 0.717) is 32.1 Å². The monoisotopic (exact) mass is 1190 g/mol. The third-order valence-corrected chi connectivity index (χ3v) is 22.7. The van der Waals surface area contributed by atoms with E-state index in [1.54, 1.807) is 0 Å². The molecule has 0 aromatic rings. The molecule has 0 amide bonds. The van der Waals surface area contributed by atoms with Crippen molar-refractivity contribution in [2.24, 2.45) is 50.2 Å². The standard InChI is InChI=1S/C58H94O25/c1-24-34(61)45(81-48-42(69)35(62)27(59)20-75-48)44(71)50(77-24)82-46-36(63)28(60)21-76-51(46)80-33-12-13-55(6)31(54(33,4)5)11-14-57(8)32(55)10-9-25-26-19-53(2,3)15-17-58(26,18-16-56(25,57)7)52(73)83-49-43(70)40(67)38(65)30(79-49)23-74-22-29-37(64)39(66)41(68)47(72)78-29/h9,24,26-51,59-72H,10-23H2,1-8H3/t24-,26+,27-,28+,29-,30+,31?,32?,33+,34+,35+,36+,37-,38?,39+,40-,41-,42-,43+,44-,45-,46-,47-,48+,49-,50+,51+,55+,56-,57-,58+/m0/s1. The molecule has 5 saturated heterocycles. The van der Waals surface area contributed by atoms with E-state index in [9.17, 15) is 71.5 Å². The molecule has 5 aliphatic heterocycles. The molecule has 0 spiro atoms.